The van der Waals surface area contributed by atoms with Gasteiger partial charge < -0.3 is 5.32 Å². The lowest BCUT2D eigenvalue weighted by Gasteiger charge is -2.30. The number of anilines is 1. The van der Waals surface area contributed by atoms with Crippen molar-refractivity contribution < 1.29 is 13.2 Å². The molecule has 0 saturated carbocycles. The molecule has 3 rings (SSSR count). The first kappa shape index (κ1) is 21.0. The fourth-order valence-electron chi connectivity index (χ4n) is 3.72. The highest BCUT2D eigenvalue weighted by molar-refractivity contribution is 9.10. The number of sulfonamides is 1. The molecule has 0 radical (unpaired) electrons. The number of hydrogen-bond donors (Lipinski definition) is 1. The largest absolute Gasteiger partial charge is 0.325 e. The summed E-state index contributed by atoms with van der Waals surface area (Å²) in [5, 5.41) is 3.05. The van der Waals surface area contributed by atoms with Crippen LogP contribution in [0.4, 0.5) is 5.69 Å². The highest BCUT2D eigenvalue weighted by Crippen LogP contribution is 2.27. The second kappa shape index (κ2) is 8.35. The molecule has 5 nitrogen and oxygen atoms in total. The first-order chi connectivity index (χ1) is 13.2. The van der Waals surface area contributed by atoms with Crippen molar-refractivity contribution in [1.82, 2.24) is 4.31 Å². The van der Waals surface area contributed by atoms with Crippen LogP contribution >= 0.6 is 15.9 Å². The Kier molecular flexibility index (Phi) is 6.27. The van der Waals surface area contributed by atoms with Gasteiger partial charge in [-0.1, -0.05) is 33.6 Å². The van der Waals surface area contributed by atoms with E-state index >= 15 is 0 Å². The predicted molar refractivity (Wildman–Crippen MR) is 115 cm³/mol. The maximum absolute atomic E-state index is 12.8. The molecule has 1 aliphatic heterocycles. The van der Waals surface area contributed by atoms with Crippen LogP contribution in [0, 0.1) is 26.7 Å². The van der Waals surface area contributed by atoms with Gasteiger partial charge in [-0.15, -0.1) is 0 Å². The zero-order valence-electron chi connectivity index (χ0n) is 16.3. The topological polar surface area (TPSA) is 66.5 Å². The van der Waals surface area contributed by atoms with Gasteiger partial charge in [-0.3, -0.25) is 4.79 Å². The fourth-order valence-corrected chi connectivity index (χ4v) is 5.45. The Labute approximate surface area is 175 Å². The lowest BCUT2D eigenvalue weighted by molar-refractivity contribution is -0.120. The molecule has 28 heavy (non-hydrogen) atoms. The molecule has 0 unspecified atom stereocenters. The van der Waals surface area contributed by atoms with E-state index in [0.717, 1.165) is 21.3 Å². The van der Waals surface area contributed by atoms with E-state index in [1.54, 1.807) is 24.3 Å². The second-order valence-electron chi connectivity index (χ2n) is 7.40. The number of nitrogens with one attached hydrogen (secondary N) is 1. The van der Waals surface area contributed by atoms with Crippen molar-refractivity contribution in [2.45, 2.75) is 38.5 Å². The van der Waals surface area contributed by atoms with Gasteiger partial charge in [-0.05, 0) is 69.0 Å². The molecule has 0 atom stereocenters. The minimum Gasteiger partial charge on any atom is -0.325 e. The van der Waals surface area contributed by atoms with E-state index in [-0.39, 0.29) is 16.7 Å². The summed E-state index contributed by atoms with van der Waals surface area (Å²) in [7, 11) is -3.52. The summed E-state index contributed by atoms with van der Waals surface area (Å²) in [6.45, 7) is 6.71. The number of benzene rings is 2. The molecule has 7 heteroatoms. The van der Waals surface area contributed by atoms with Crippen molar-refractivity contribution in [1.29, 1.82) is 0 Å². The summed E-state index contributed by atoms with van der Waals surface area (Å²) in [6.07, 6.45) is 1.04. The molecular formula is C21H25BrN2O3S. The van der Waals surface area contributed by atoms with Crippen LogP contribution in [0.3, 0.4) is 0 Å². The molecule has 1 saturated heterocycles. The Hall–Kier alpha value is -1.70. The van der Waals surface area contributed by atoms with Crippen molar-refractivity contribution >= 4 is 37.5 Å². The number of rotatable bonds is 4. The maximum atomic E-state index is 12.8. The van der Waals surface area contributed by atoms with Crippen molar-refractivity contribution in [3.63, 3.8) is 0 Å². The molecule has 1 heterocycles. The number of hydrogen-bond acceptors (Lipinski definition) is 3. The number of amides is 1. The average molecular weight is 465 g/mol. The van der Waals surface area contributed by atoms with Crippen molar-refractivity contribution in [3.8, 4) is 0 Å². The van der Waals surface area contributed by atoms with E-state index in [4.69, 9.17) is 0 Å². The SMILES string of the molecule is Cc1cc(C)c(NC(=O)C2CCN(S(=O)(=O)c3ccc(Br)cc3)CC2)c(C)c1. The van der Waals surface area contributed by atoms with Crippen LogP contribution in [0.2, 0.25) is 0 Å². The number of halogens is 1. The quantitative estimate of drug-likeness (QED) is 0.728. The number of carbonyl (C=O) groups is 1. The molecule has 1 amide bonds. The molecular weight excluding hydrogens is 440 g/mol. The van der Waals surface area contributed by atoms with Crippen molar-refractivity contribution in [3.05, 3.63) is 57.6 Å². The third-order valence-electron chi connectivity index (χ3n) is 5.20. The summed E-state index contributed by atoms with van der Waals surface area (Å²) in [5.41, 5.74) is 4.11. The standard InChI is InChI=1S/C21H25BrN2O3S/c1-14-12-15(2)20(16(3)13-14)23-21(25)17-8-10-24(11-9-17)28(26,27)19-6-4-18(22)5-7-19/h4-7,12-13,17H,8-11H2,1-3H3,(H,23,25). The van der Waals surface area contributed by atoms with Gasteiger partial charge in [0.15, 0.2) is 0 Å². The van der Waals surface area contributed by atoms with Gasteiger partial charge in [-0.25, -0.2) is 8.42 Å². The normalized spacial score (nSPS) is 16.1. The van der Waals surface area contributed by atoms with Gasteiger partial charge >= 0.3 is 0 Å². The Morgan fingerprint density at radius 1 is 1.04 bits per heavy atom. The van der Waals surface area contributed by atoms with E-state index in [0.29, 0.717) is 25.9 Å². The highest BCUT2D eigenvalue weighted by atomic mass is 79.9. The van der Waals surface area contributed by atoms with Gasteiger partial charge in [0.2, 0.25) is 15.9 Å². The lowest BCUT2D eigenvalue weighted by atomic mass is 9.96. The van der Waals surface area contributed by atoms with E-state index in [1.165, 1.54) is 9.87 Å². The van der Waals surface area contributed by atoms with Gasteiger partial charge in [0, 0.05) is 29.2 Å². The Morgan fingerprint density at radius 3 is 2.11 bits per heavy atom. The van der Waals surface area contributed by atoms with Crippen molar-refractivity contribution in [2.75, 3.05) is 18.4 Å². The van der Waals surface area contributed by atoms with E-state index < -0.39 is 10.0 Å². The predicted octanol–water partition coefficient (Wildman–Crippen LogP) is 4.41. The van der Waals surface area contributed by atoms with Gasteiger partial charge in [-0.2, -0.15) is 4.31 Å². The summed E-state index contributed by atoms with van der Waals surface area (Å²) in [5.74, 6) is -0.216. The molecule has 1 fully saturated rings. The zero-order chi connectivity index (χ0) is 20.5. The molecule has 2 aromatic carbocycles. The van der Waals surface area contributed by atoms with Crippen LogP contribution in [0.1, 0.15) is 29.5 Å². The zero-order valence-corrected chi connectivity index (χ0v) is 18.7. The third-order valence-corrected chi connectivity index (χ3v) is 7.64. The van der Waals surface area contributed by atoms with E-state index in [9.17, 15) is 13.2 Å². The Morgan fingerprint density at radius 2 is 1.57 bits per heavy atom. The minimum atomic E-state index is -3.52. The number of nitrogens with zero attached hydrogens (tertiary/aromatic N) is 1. The van der Waals surface area contributed by atoms with Crippen LogP contribution in [0.15, 0.2) is 45.8 Å². The molecule has 0 spiro atoms. The highest BCUT2D eigenvalue weighted by Gasteiger charge is 2.32. The molecule has 0 bridgehead atoms. The first-order valence-corrected chi connectivity index (χ1v) is 11.6. The second-order valence-corrected chi connectivity index (χ2v) is 10.2. The summed E-state index contributed by atoms with van der Waals surface area (Å²) < 4.78 is 27.9. The van der Waals surface area contributed by atoms with E-state index in [1.807, 2.05) is 20.8 Å². The molecule has 0 aliphatic carbocycles. The molecule has 1 aliphatic rings. The monoisotopic (exact) mass is 464 g/mol. The summed E-state index contributed by atoms with van der Waals surface area (Å²) in [4.78, 5) is 13.0. The van der Waals surface area contributed by atoms with Crippen LogP contribution in [-0.2, 0) is 14.8 Å². The Bertz CT molecular complexity index is 956. The van der Waals surface area contributed by atoms with Crippen molar-refractivity contribution in [2.24, 2.45) is 5.92 Å². The van der Waals surface area contributed by atoms with Gasteiger partial charge in [0.25, 0.3) is 0 Å². The maximum Gasteiger partial charge on any atom is 0.243 e. The van der Waals surface area contributed by atoms with Crippen LogP contribution in [0.5, 0.6) is 0 Å². The third kappa shape index (κ3) is 4.47. The van der Waals surface area contributed by atoms with E-state index in [2.05, 4.69) is 33.4 Å². The van der Waals surface area contributed by atoms with Crippen LogP contribution < -0.4 is 5.32 Å². The smallest absolute Gasteiger partial charge is 0.243 e. The van der Waals surface area contributed by atoms with Gasteiger partial charge in [0.05, 0.1) is 4.90 Å². The number of aryl methyl sites for hydroxylation is 3. The van der Waals surface area contributed by atoms with Crippen LogP contribution in [-0.4, -0.2) is 31.7 Å². The molecule has 1 N–H and O–H groups in total. The minimum absolute atomic E-state index is 0.0317. The van der Waals surface area contributed by atoms with Crippen LogP contribution in [0.25, 0.3) is 0 Å². The number of piperidine rings is 1. The molecule has 150 valence electrons. The lowest BCUT2D eigenvalue weighted by Crippen LogP contribution is -2.41. The average Bonchev–Trinajstić information content (AvgIpc) is 2.65. The van der Waals surface area contributed by atoms with Gasteiger partial charge in [0.1, 0.15) is 0 Å². The fraction of sp³-hybridized carbons (Fsp3) is 0.381. The number of carbonyl (C=O) groups excluding carboxylic acids is 1. The first-order valence-electron chi connectivity index (χ1n) is 9.33. The molecule has 0 aromatic heterocycles. The summed E-state index contributed by atoms with van der Waals surface area (Å²) in [6, 6.07) is 10.7. The Balaban J connectivity index is 1.65. The molecule has 2 aromatic rings. The summed E-state index contributed by atoms with van der Waals surface area (Å²) >= 11 is 3.32.